The summed E-state index contributed by atoms with van der Waals surface area (Å²) in [6.45, 7) is 0. The Morgan fingerprint density at radius 3 is 2.89 bits per heavy atom. The molecule has 1 aromatic heterocycles. The molecule has 0 N–H and O–H groups in total. The standard InChI is InChI=1S/C13H10BrFN2O/c1-17-12(6-7-16-17)13(18)5-2-9-8-10(14)3-4-11(9)15/h2-8H,1H3/b5-2+. The van der Waals surface area contributed by atoms with Crippen LogP contribution >= 0.6 is 15.9 Å². The number of carbonyl (C=O) groups excluding carboxylic acids is 1. The zero-order chi connectivity index (χ0) is 13.1. The highest BCUT2D eigenvalue weighted by Crippen LogP contribution is 2.17. The second kappa shape index (κ2) is 5.27. The number of allylic oxidation sites excluding steroid dienone is 1. The maximum absolute atomic E-state index is 13.4. The second-order valence-corrected chi connectivity index (χ2v) is 4.62. The Balaban J connectivity index is 2.24. The SMILES string of the molecule is Cn1nccc1C(=O)/C=C/c1cc(Br)ccc1F. The molecule has 0 amide bonds. The van der Waals surface area contributed by atoms with Gasteiger partial charge < -0.3 is 0 Å². The number of hydrogen-bond acceptors (Lipinski definition) is 2. The van der Waals surface area contributed by atoms with Gasteiger partial charge in [-0.05, 0) is 36.4 Å². The smallest absolute Gasteiger partial charge is 0.203 e. The fourth-order valence-corrected chi connectivity index (χ4v) is 1.89. The summed E-state index contributed by atoms with van der Waals surface area (Å²) in [5.41, 5.74) is 0.821. The summed E-state index contributed by atoms with van der Waals surface area (Å²) < 4.78 is 15.7. The average Bonchev–Trinajstić information content (AvgIpc) is 2.76. The van der Waals surface area contributed by atoms with Crippen LogP contribution in [0.3, 0.4) is 0 Å². The van der Waals surface area contributed by atoms with Crippen LogP contribution in [0, 0.1) is 5.82 Å². The number of aryl methyl sites for hydroxylation is 1. The second-order valence-electron chi connectivity index (χ2n) is 3.70. The van der Waals surface area contributed by atoms with Gasteiger partial charge in [-0.3, -0.25) is 9.48 Å². The third-order valence-corrected chi connectivity index (χ3v) is 2.94. The molecule has 1 aromatic carbocycles. The number of benzene rings is 1. The van der Waals surface area contributed by atoms with E-state index in [1.807, 2.05) is 0 Å². The van der Waals surface area contributed by atoms with Gasteiger partial charge in [-0.25, -0.2) is 4.39 Å². The van der Waals surface area contributed by atoms with Crippen molar-refractivity contribution in [2.45, 2.75) is 0 Å². The molecule has 2 aromatic rings. The van der Waals surface area contributed by atoms with E-state index in [1.165, 1.54) is 22.9 Å². The highest BCUT2D eigenvalue weighted by molar-refractivity contribution is 9.10. The number of rotatable bonds is 3. The lowest BCUT2D eigenvalue weighted by Gasteiger charge is -1.98. The molecule has 0 bridgehead atoms. The van der Waals surface area contributed by atoms with Gasteiger partial charge in [-0.1, -0.05) is 15.9 Å². The Morgan fingerprint density at radius 1 is 1.44 bits per heavy atom. The van der Waals surface area contributed by atoms with Gasteiger partial charge in [0.1, 0.15) is 11.5 Å². The van der Waals surface area contributed by atoms with Crippen molar-refractivity contribution in [3.63, 3.8) is 0 Å². The fourth-order valence-electron chi connectivity index (χ4n) is 1.51. The first-order valence-electron chi connectivity index (χ1n) is 5.23. The maximum atomic E-state index is 13.4. The van der Waals surface area contributed by atoms with E-state index < -0.39 is 0 Å². The Morgan fingerprint density at radius 2 is 2.22 bits per heavy atom. The summed E-state index contributed by atoms with van der Waals surface area (Å²) in [4.78, 5) is 11.8. The van der Waals surface area contributed by atoms with E-state index in [1.54, 1.807) is 31.4 Å². The van der Waals surface area contributed by atoms with Gasteiger partial charge in [0.25, 0.3) is 0 Å². The predicted molar refractivity (Wildman–Crippen MR) is 70.7 cm³/mol. The minimum absolute atomic E-state index is 0.214. The van der Waals surface area contributed by atoms with Crippen molar-refractivity contribution >= 4 is 27.8 Å². The van der Waals surface area contributed by atoms with Crippen molar-refractivity contribution in [3.8, 4) is 0 Å². The Labute approximate surface area is 112 Å². The first-order valence-corrected chi connectivity index (χ1v) is 6.02. The molecule has 0 aliphatic rings. The van der Waals surface area contributed by atoms with Gasteiger partial charge in [0.15, 0.2) is 0 Å². The first kappa shape index (κ1) is 12.7. The van der Waals surface area contributed by atoms with Crippen LogP contribution in [0.25, 0.3) is 6.08 Å². The van der Waals surface area contributed by atoms with E-state index in [0.717, 1.165) is 4.47 Å². The quantitative estimate of drug-likeness (QED) is 0.644. The number of nitrogens with zero attached hydrogens (tertiary/aromatic N) is 2. The normalized spacial score (nSPS) is 11.1. The van der Waals surface area contributed by atoms with Gasteiger partial charge in [0.2, 0.25) is 5.78 Å². The molecule has 2 rings (SSSR count). The van der Waals surface area contributed by atoms with Crippen LogP contribution in [0.2, 0.25) is 0 Å². The molecule has 0 saturated heterocycles. The highest BCUT2D eigenvalue weighted by Gasteiger charge is 2.06. The van der Waals surface area contributed by atoms with Gasteiger partial charge >= 0.3 is 0 Å². The monoisotopic (exact) mass is 308 g/mol. The number of carbonyl (C=O) groups is 1. The van der Waals surface area contributed by atoms with Crippen molar-refractivity contribution in [2.24, 2.45) is 7.05 Å². The predicted octanol–water partition coefficient (Wildman–Crippen LogP) is 3.22. The largest absolute Gasteiger partial charge is 0.288 e. The zero-order valence-corrected chi connectivity index (χ0v) is 11.2. The lowest BCUT2D eigenvalue weighted by Crippen LogP contribution is -2.03. The molecular weight excluding hydrogens is 299 g/mol. The van der Waals surface area contributed by atoms with Crippen molar-refractivity contribution in [3.05, 3.63) is 58.1 Å². The summed E-state index contributed by atoms with van der Waals surface area (Å²) in [5.74, 6) is -0.582. The van der Waals surface area contributed by atoms with E-state index >= 15 is 0 Å². The molecule has 0 unspecified atom stereocenters. The molecule has 5 heteroatoms. The summed E-state index contributed by atoms with van der Waals surface area (Å²) in [6.07, 6.45) is 4.33. The number of aromatic nitrogens is 2. The molecule has 0 fully saturated rings. The third-order valence-electron chi connectivity index (χ3n) is 2.45. The van der Waals surface area contributed by atoms with Crippen LogP contribution in [0.15, 0.2) is 41.0 Å². The Bertz CT molecular complexity index is 619. The van der Waals surface area contributed by atoms with Crippen molar-refractivity contribution in [1.29, 1.82) is 0 Å². The van der Waals surface area contributed by atoms with E-state index in [-0.39, 0.29) is 11.6 Å². The van der Waals surface area contributed by atoms with Gasteiger partial charge in [0.05, 0.1) is 0 Å². The third kappa shape index (κ3) is 2.73. The van der Waals surface area contributed by atoms with Crippen LogP contribution < -0.4 is 0 Å². The van der Waals surface area contributed by atoms with Gasteiger partial charge in [0, 0.05) is 23.3 Å². The van der Waals surface area contributed by atoms with Crippen LogP contribution in [0.1, 0.15) is 16.1 Å². The van der Waals surface area contributed by atoms with Crippen molar-refractivity contribution in [1.82, 2.24) is 9.78 Å². The molecule has 18 heavy (non-hydrogen) atoms. The Kier molecular flexibility index (Phi) is 3.72. The number of hydrogen-bond donors (Lipinski definition) is 0. The van der Waals surface area contributed by atoms with E-state index in [0.29, 0.717) is 11.3 Å². The van der Waals surface area contributed by atoms with Crippen LogP contribution in [-0.2, 0) is 7.05 Å². The van der Waals surface area contributed by atoms with Crippen LogP contribution in [0.5, 0.6) is 0 Å². The van der Waals surface area contributed by atoms with E-state index in [2.05, 4.69) is 21.0 Å². The fraction of sp³-hybridized carbons (Fsp3) is 0.0769. The van der Waals surface area contributed by atoms with E-state index in [4.69, 9.17) is 0 Å². The lowest BCUT2D eigenvalue weighted by atomic mass is 10.1. The van der Waals surface area contributed by atoms with Crippen LogP contribution in [0.4, 0.5) is 4.39 Å². The van der Waals surface area contributed by atoms with Gasteiger partial charge in [-0.15, -0.1) is 0 Å². The number of ketones is 1. The molecule has 0 aliphatic heterocycles. The minimum atomic E-state index is -0.368. The van der Waals surface area contributed by atoms with Crippen molar-refractivity contribution in [2.75, 3.05) is 0 Å². The van der Waals surface area contributed by atoms with Gasteiger partial charge in [-0.2, -0.15) is 5.10 Å². The molecule has 0 spiro atoms. The van der Waals surface area contributed by atoms with Crippen molar-refractivity contribution < 1.29 is 9.18 Å². The Hall–Kier alpha value is -1.75. The minimum Gasteiger partial charge on any atom is -0.288 e. The number of halogens is 2. The summed E-state index contributed by atoms with van der Waals surface area (Å²) in [6, 6.07) is 6.18. The molecule has 0 atom stereocenters. The zero-order valence-electron chi connectivity index (χ0n) is 9.60. The average molecular weight is 309 g/mol. The lowest BCUT2D eigenvalue weighted by molar-refractivity contribution is 0.103. The maximum Gasteiger partial charge on any atom is 0.203 e. The molecule has 0 aliphatic carbocycles. The summed E-state index contributed by atoms with van der Waals surface area (Å²) in [7, 11) is 1.68. The molecule has 0 saturated carbocycles. The van der Waals surface area contributed by atoms with Crippen LogP contribution in [-0.4, -0.2) is 15.6 Å². The van der Waals surface area contributed by atoms with E-state index in [9.17, 15) is 9.18 Å². The summed E-state index contributed by atoms with van der Waals surface area (Å²) in [5, 5.41) is 3.90. The molecule has 3 nitrogen and oxygen atoms in total. The molecule has 92 valence electrons. The topological polar surface area (TPSA) is 34.9 Å². The molecule has 1 heterocycles. The highest BCUT2D eigenvalue weighted by atomic mass is 79.9. The molecular formula is C13H10BrFN2O. The summed E-state index contributed by atoms with van der Waals surface area (Å²) >= 11 is 3.25. The first-order chi connectivity index (χ1) is 8.58. The molecule has 0 radical (unpaired) electrons.